The second-order valence-electron chi connectivity index (χ2n) is 7.73. The van der Waals surface area contributed by atoms with E-state index in [2.05, 4.69) is 5.32 Å². The van der Waals surface area contributed by atoms with E-state index in [9.17, 15) is 19.8 Å². The molecule has 1 aliphatic heterocycles. The minimum Gasteiger partial charge on any atom is -0.549 e. The molecule has 0 fully saturated rings. The maximum Gasteiger partial charge on any atom is 1.00 e. The first kappa shape index (κ1) is 27.3. The summed E-state index contributed by atoms with van der Waals surface area (Å²) >= 11 is 12.1. The molecule has 0 spiro atoms. The van der Waals surface area contributed by atoms with Gasteiger partial charge in [0.25, 0.3) is 5.91 Å². The molecule has 0 saturated heterocycles. The van der Waals surface area contributed by atoms with Crippen LogP contribution in [0.4, 0.5) is 0 Å². The Morgan fingerprint density at radius 3 is 2.46 bits per heavy atom. The Morgan fingerprint density at radius 1 is 1.11 bits per heavy atom. The molecule has 0 aromatic heterocycles. The number of carboxylic acids is 1. The molecule has 1 amide bonds. The van der Waals surface area contributed by atoms with Crippen molar-refractivity contribution in [2.45, 2.75) is 18.4 Å². The van der Waals surface area contributed by atoms with Crippen LogP contribution < -0.4 is 49.5 Å². The van der Waals surface area contributed by atoms with E-state index in [1.165, 1.54) is 6.07 Å². The zero-order valence-corrected chi connectivity index (χ0v) is 22.3. The molecule has 0 saturated carbocycles. The molecule has 0 aliphatic carbocycles. The molecule has 0 radical (unpaired) electrons. The molecule has 10 heteroatoms. The summed E-state index contributed by atoms with van der Waals surface area (Å²) in [4.78, 5) is 23.8. The number of hydrogen-bond acceptors (Lipinski definition) is 6. The normalized spacial score (nSPS) is 15.1. The van der Waals surface area contributed by atoms with Crippen LogP contribution in [-0.2, 0) is 4.79 Å². The largest absolute Gasteiger partial charge is 1.00 e. The van der Waals surface area contributed by atoms with E-state index >= 15 is 0 Å². The first-order valence-electron chi connectivity index (χ1n) is 10.5. The van der Waals surface area contributed by atoms with Crippen molar-refractivity contribution >= 4 is 35.1 Å². The maximum atomic E-state index is 12.4. The average molecular weight is 524 g/mol. The first-order valence-corrected chi connectivity index (χ1v) is 11.2. The van der Waals surface area contributed by atoms with Gasteiger partial charge in [-0.15, -0.1) is 0 Å². The van der Waals surface area contributed by atoms with Gasteiger partial charge in [0.05, 0.1) is 17.7 Å². The number of rotatable bonds is 7. The minimum atomic E-state index is -1.18. The second-order valence-corrected chi connectivity index (χ2v) is 8.58. The molecular formula is C25H20Cl2NNaO6. The fourth-order valence-corrected chi connectivity index (χ4v) is 3.94. The molecule has 3 aromatic rings. The van der Waals surface area contributed by atoms with Crippen LogP contribution in [0.5, 0.6) is 17.2 Å². The number of carbonyl (C=O) groups excluding carboxylic acids is 2. The number of amides is 1. The van der Waals surface area contributed by atoms with Gasteiger partial charge in [0.2, 0.25) is 0 Å². The van der Waals surface area contributed by atoms with E-state index in [-0.39, 0.29) is 53.6 Å². The van der Waals surface area contributed by atoms with Crippen LogP contribution in [-0.4, -0.2) is 30.1 Å². The van der Waals surface area contributed by atoms with Crippen LogP contribution in [0.1, 0.15) is 39.9 Å². The summed E-state index contributed by atoms with van der Waals surface area (Å²) in [5.74, 6) is -1.21. The SMILES string of the molecule is O=C(NCC(O)c1ccc(Cl)cc1)c1ccc(Oc2cc3c(cc2Cl)C(C(=O)[O-])CCO3)cc1.[Na+]. The summed E-state index contributed by atoms with van der Waals surface area (Å²) in [5, 5.41) is 25.1. The molecule has 2 atom stereocenters. The zero-order valence-electron chi connectivity index (χ0n) is 18.8. The molecule has 2 N–H and O–H groups in total. The standard InChI is InChI=1S/C25H21Cl2NO6.Na/c26-16-5-1-14(2-6-16)21(29)13-28-24(30)15-3-7-17(8-4-15)34-23-12-22-19(11-20(23)27)18(25(31)32)9-10-33-22;/h1-8,11-12,18,21,29H,9-10,13H2,(H,28,30)(H,31,32);/q;+1/p-1. The number of aliphatic carboxylic acids is 1. The maximum absolute atomic E-state index is 12.4. The number of benzene rings is 3. The van der Waals surface area contributed by atoms with Gasteiger partial charge in [0.1, 0.15) is 17.2 Å². The Bertz CT molecular complexity index is 1200. The number of nitrogens with one attached hydrogen (secondary N) is 1. The summed E-state index contributed by atoms with van der Waals surface area (Å²) in [6, 6.07) is 16.2. The Labute approximate surface area is 234 Å². The van der Waals surface area contributed by atoms with E-state index in [0.717, 1.165) is 0 Å². The van der Waals surface area contributed by atoms with Crippen molar-refractivity contribution in [3.8, 4) is 17.2 Å². The molecule has 7 nitrogen and oxygen atoms in total. The molecule has 35 heavy (non-hydrogen) atoms. The number of aliphatic hydroxyl groups excluding tert-OH is 1. The van der Waals surface area contributed by atoms with Gasteiger partial charge in [0.15, 0.2) is 0 Å². The summed E-state index contributed by atoms with van der Waals surface area (Å²) in [5.41, 5.74) is 1.48. The monoisotopic (exact) mass is 523 g/mol. The van der Waals surface area contributed by atoms with Crippen LogP contribution in [0.3, 0.4) is 0 Å². The van der Waals surface area contributed by atoms with Gasteiger partial charge in [-0.2, -0.15) is 0 Å². The number of ether oxygens (including phenoxy) is 2. The van der Waals surface area contributed by atoms with Gasteiger partial charge >= 0.3 is 29.6 Å². The summed E-state index contributed by atoms with van der Waals surface area (Å²) in [6.07, 6.45) is -0.555. The molecular weight excluding hydrogens is 504 g/mol. The number of carbonyl (C=O) groups is 2. The van der Waals surface area contributed by atoms with Crippen molar-refractivity contribution in [3.05, 3.63) is 87.4 Å². The number of carboxylic acid groups (broad SMARTS) is 1. The first-order chi connectivity index (χ1) is 16.3. The Morgan fingerprint density at radius 2 is 1.80 bits per heavy atom. The summed E-state index contributed by atoms with van der Waals surface area (Å²) in [7, 11) is 0. The third kappa shape index (κ3) is 6.70. The van der Waals surface area contributed by atoms with Crippen molar-refractivity contribution in [1.29, 1.82) is 0 Å². The molecule has 176 valence electrons. The van der Waals surface area contributed by atoms with Crippen molar-refractivity contribution < 1.29 is 58.8 Å². The van der Waals surface area contributed by atoms with Crippen LogP contribution >= 0.6 is 23.2 Å². The van der Waals surface area contributed by atoms with Gasteiger partial charge in [-0.05, 0) is 54.4 Å². The van der Waals surface area contributed by atoms with Gasteiger partial charge < -0.3 is 29.8 Å². The van der Waals surface area contributed by atoms with Gasteiger partial charge in [-0.1, -0.05) is 35.3 Å². The van der Waals surface area contributed by atoms with E-state index in [1.807, 2.05) is 0 Å². The number of halogens is 2. The van der Waals surface area contributed by atoms with Gasteiger partial charge in [0, 0.05) is 40.6 Å². The predicted molar refractivity (Wildman–Crippen MR) is 125 cm³/mol. The number of fused-ring (bicyclic) bond motifs is 1. The summed E-state index contributed by atoms with van der Waals surface area (Å²) < 4.78 is 11.4. The van der Waals surface area contributed by atoms with Crippen LogP contribution in [0, 0.1) is 0 Å². The van der Waals surface area contributed by atoms with E-state index in [0.29, 0.717) is 45.4 Å². The molecule has 4 rings (SSSR count). The second kappa shape index (κ2) is 12.1. The summed E-state index contributed by atoms with van der Waals surface area (Å²) in [6.45, 7) is 0.291. The minimum absolute atomic E-state index is 0. The molecule has 1 heterocycles. The zero-order chi connectivity index (χ0) is 24.2. The fourth-order valence-electron chi connectivity index (χ4n) is 3.61. The fraction of sp³-hybridized carbons (Fsp3) is 0.200. The smallest absolute Gasteiger partial charge is 0.549 e. The Kier molecular flexibility index (Phi) is 9.47. The van der Waals surface area contributed by atoms with Gasteiger partial charge in [-0.3, -0.25) is 4.79 Å². The average Bonchev–Trinajstić information content (AvgIpc) is 2.83. The topological polar surface area (TPSA) is 108 Å². The number of aliphatic hydroxyl groups is 1. The Hall–Kier alpha value is -2.26. The third-order valence-electron chi connectivity index (χ3n) is 5.44. The van der Waals surface area contributed by atoms with E-state index in [1.54, 1.807) is 54.6 Å². The van der Waals surface area contributed by atoms with Crippen LogP contribution in [0.25, 0.3) is 0 Å². The quantitative estimate of drug-likeness (QED) is 0.445. The van der Waals surface area contributed by atoms with Crippen molar-refractivity contribution in [2.24, 2.45) is 0 Å². The molecule has 3 aromatic carbocycles. The van der Waals surface area contributed by atoms with E-state index in [4.69, 9.17) is 32.7 Å². The van der Waals surface area contributed by atoms with Crippen LogP contribution in [0.2, 0.25) is 10.0 Å². The third-order valence-corrected chi connectivity index (χ3v) is 5.99. The molecule has 0 bridgehead atoms. The van der Waals surface area contributed by atoms with E-state index < -0.39 is 18.0 Å². The van der Waals surface area contributed by atoms with Crippen molar-refractivity contribution in [3.63, 3.8) is 0 Å². The molecule has 2 unspecified atom stereocenters. The van der Waals surface area contributed by atoms with Crippen LogP contribution in [0.15, 0.2) is 60.7 Å². The Balaban J connectivity index is 0.00000342. The van der Waals surface area contributed by atoms with Crippen molar-refractivity contribution in [1.82, 2.24) is 5.32 Å². The predicted octanol–water partition coefficient (Wildman–Crippen LogP) is 0.869. The number of hydrogen-bond donors (Lipinski definition) is 2. The molecule has 1 aliphatic rings. The van der Waals surface area contributed by atoms with Crippen molar-refractivity contribution in [2.75, 3.05) is 13.2 Å². The van der Waals surface area contributed by atoms with Gasteiger partial charge in [-0.25, -0.2) is 0 Å².